The fourth-order valence-electron chi connectivity index (χ4n) is 1.71. The summed E-state index contributed by atoms with van der Waals surface area (Å²) in [5.74, 6) is 0.463. The first-order valence-corrected chi connectivity index (χ1v) is 9.26. The SMILES string of the molecule is CCCCc1ccc(OP(=O)(O)Br)c(C)c1C. The van der Waals surface area contributed by atoms with Gasteiger partial charge in [0, 0.05) is 0 Å². The highest BCUT2D eigenvalue weighted by Crippen LogP contribution is 2.51. The first kappa shape index (κ1) is 14.7. The number of benzene rings is 1. The number of aryl methyl sites for hydroxylation is 1. The Morgan fingerprint density at radius 1 is 1.35 bits per heavy atom. The molecule has 1 aromatic carbocycles. The van der Waals surface area contributed by atoms with E-state index in [1.807, 2.05) is 19.9 Å². The monoisotopic (exact) mass is 320 g/mol. The maximum atomic E-state index is 11.2. The molecule has 0 bridgehead atoms. The molecule has 5 heteroatoms. The summed E-state index contributed by atoms with van der Waals surface area (Å²) >= 11 is 2.62. The molecule has 96 valence electrons. The van der Waals surface area contributed by atoms with Crippen molar-refractivity contribution < 1.29 is 14.0 Å². The van der Waals surface area contributed by atoms with Crippen molar-refractivity contribution in [1.82, 2.24) is 0 Å². The van der Waals surface area contributed by atoms with Crippen LogP contribution in [-0.2, 0) is 11.0 Å². The maximum Gasteiger partial charge on any atom is 0.444 e. The zero-order chi connectivity index (χ0) is 13.1. The Morgan fingerprint density at radius 2 is 2.00 bits per heavy atom. The fraction of sp³-hybridized carbons (Fsp3) is 0.500. The summed E-state index contributed by atoms with van der Waals surface area (Å²) < 4.78 is 16.2. The molecule has 17 heavy (non-hydrogen) atoms. The van der Waals surface area contributed by atoms with Crippen LogP contribution in [0.2, 0.25) is 0 Å². The largest absolute Gasteiger partial charge is 0.444 e. The second-order valence-corrected chi connectivity index (χ2v) is 7.89. The molecule has 1 unspecified atom stereocenters. The van der Waals surface area contributed by atoms with Crippen molar-refractivity contribution >= 4 is 21.8 Å². The van der Waals surface area contributed by atoms with Gasteiger partial charge in [0.1, 0.15) is 5.75 Å². The van der Waals surface area contributed by atoms with E-state index >= 15 is 0 Å². The number of hydrogen-bond acceptors (Lipinski definition) is 2. The molecule has 1 rings (SSSR count). The molecule has 0 spiro atoms. The van der Waals surface area contributed by atoms with Gasteiger partial charge in [0.15, 0.2) is 0 Å². The van der Waals surface area contributed by atoms with Crippen molar-refractivity contribution in [2.45, 2.75) is 40.0 Å². The number of halogens is 1. The van der Waals surface area contributed by atoms with Gasteiger partial charge in [-0.25, -0.2) is 4.57 Å². The molecule has 3 nitrogen and oxygen atoms in total. The van der Waals surface area contributed by atoms with Crippen LogP contribution < -0.4 is 4.52 Å². The molecule has 0 fully saturated rings. The third kappa shape index (κ3) is 4.46. The number of rotatable bonds is 5. The average Bonchev–Trinajstić information content (AvgIpc) is 2.22. The van der Waals surface area contributed by atoms with Crippen LogP contribution in [0.25, 0.3) is 0 Å². The van der Waals surface area contributed by atoms with E-state index in [2.05, 4.69) is 22.4 Å². The van der Waals surface area contributed by atoms with E-state index in [0.29, 0.717) is 5.75 Å². The van der Waals surface area contributed by atoms with Crippen LogP contribution in [0.3, 0.4) is 0 Å². The molecule has 1 atom stereocenters. The predicted molar refractivity (Wildman–Crippen MR) is 73.9 cm³/mol. The molecule has 1 aromatic rings. The van der Waals surface area contributed by atoms with E-state index in [0.717, 1.165) is 30.4 Å². The first-order chi connectivity index (χ1) is 7.85. The van der Waals surface area contributed by atoms with E-state index in [1.54, 1.807) is 6.07 Å². The Balaban J connectivity index is 2.98. The lowest BCUT2D eigenvalue weighted by molar-refractivity contribution is 0.403. The molecule has 0 aliphatic rings. The number of hydrogen-bond donors (Lipinski definition) is 1. The Kier molecular flexibility index (Phi) is 5.23. The summed E-state index contributed by atoms with van der Waals surface area (Å²) in [6, 6.07) is 3.73. The highest BCUT2D eigenvalue weighted by atomic mass is 79.9. The summed E-state index contributed by atoms with van der Waals surface area (Å²) in [6.45, 7) is 6.08. The van der Waals surface area contributed by atoms with E-state index in [4.69, 9.17) is 9.42 Å². The van der Waals surface area contributed by atoms with E-state index in [9.17, 15) is 4.57 Å². The fourth-order valence-corrected chi connectivity index (χ4v) is 2.62. The lowest BCUT2D eigenvalue weighted by atomic mass is 9.98. The van der Waals surface area contributed by atoms with Gasteiger partial charge in [-0.1, -0.05) is 19.4 Å². The summed E-state index contributed by atoms with van der Waals surface area (Å²) in [5, 5.41) is 0. The molecule has 1 N–H and O–H groups in total. The lowest BCUT2D eigenvalue weighted by Crippen LogP contribution is -1.96. The molecule has 0 aromatic heterocycles. The molecular formula is C12H18BrO3P. The standard InChI is InChI=1S/C12H18BrO3P/c1-4-5-6-11-7-8-12(10(3)9(11)2)16-17(13,14)15/h7-8H,4-6H2,1-3H3,(H,14,15). The molecule has 0 aliphatic heterocycles. The van der Waals surface area contributed by atoms with Crippen molar-refractivity contribution in [2.75, 3.05) is 0 Å². The molecule has 0 aliphatic carbocycles. The van der Waals surface area contributed by atoms with Crippen LogP contribution in [-0.4, -0.2) is 4.89 Å². The van der Waals surface area contributed by atoms with Gasteiger partial charge in [-0.05, 0) is 49.4 Å². The maximum absolute atomic E-state index is 11.2. The second kappa shape index (κ2) is 6.03. The minimum Gasteiger partial charge on any atom is -0.417 e. The van der Waals surface area contributed by atoms with Gasteiger partial charge in [-0.3, -0.25) is 0 Å². The Hall–Kier alpha value is -0.310. The third-order valence-electron chi connectivity index (χ3n) is 2.86. The smallest absolute Gasteiger partial charge is 0.417 e. The third-order valence-corrected chi connectivity index (χ3v) is 3.72. The highest BCUT2D eigenvalue weighted by molar-refractivity contribution is 9.39. The molecule has 0 radical (unpaired) electrons. The zero-order valence-corrected chi connectivity index (χ0v) is 12.8. The first-order valence-electron chi connectivity index (χ1n) is 5.66. The van der Waals surface area contributed by atoms with Crippen molar-refractivity contribution in [2.24, 2.45) is 0 Å². The van der Waals surface area contributed by atoms with Crippen LogP contribution in [0.4, 0.5) is 0 Å². The molecular weight excluding hydrogens is 303 g/mol. The van der Waals surface area contributed by atoms with Crippen molar-refractivity contribution in [3.8, 4) is 5.75 Å². The highest BCUT2D eigenvalue weighted by Gasteiger charge is 2.17. The molecule has 0 saturated heterocycles. The van der Waals surface area contributed by atoms with Gasteiger partial charge in [0.05, 0.1) is 15.5 Å². The van der Waals surface area contributed by atoms with E-state index < -0.39 is 6.30 Å². The Morgan fingerprint density at radius 3 is 2.53 bits per heavy atom. The lowest BCUT2D eigenvalue weighted by Gasteiger charge is -2.14. The van der Waals surface area contributed by atoms with E-state index in [1.165, 1.54) is 5.56 Å². The summed E-state index contributed by atoms with van der Waals surface area (Å²) in [7, 11) is 0. The topological polar surface area (TPSA) is 46.5 Å². The average molecular weight is 321 g/mol. The van der Waals surface area contributed by atoms with Gasteiger partial charge in [0.25, 0.3) is 0 Å². The van der Waals surface area contributed by atoms with Gasteiger partial charge in [-0.15, -0.1) is 0 Å². The van der Waals surface area contributed by atoms with Crippen LogP contribution in [0, 0.1) is 13.8 Å². The zero-order valence-electron chi connectivity index (χ0n) is 10.4. The van der Waals surface area contributed by atoms with Crippen LogP contribution >= 0.6 is 21.8 Å². The van der Waals surface area contributed by atoms with Crippen molar-refractivity contribution in [1.29, 1.82) is 0 Å². The van der Waals surface area contributed by atoms with Crippen molar-refractivity contribution in [3.05, 3.63) is 28.8 Å². The summed E-state index contributed by atoms with van der Waals surface area (Å²) in [4.78, 5) is 9.15. The van der Waals surface area contributed by atoms with Gasteiger partial charge in [0.2, 0.25) is 0 Å². The minimum absolute atomic E-state index is 0.463. The van der Waals surface area contributed by atoms with Crippen LogP contribution in [0.1, 0.15) is 36.5 Å². The summed E-state index contributed by atoms with van der Waals surface area (Å²) in [5.41, 5.74) is 3.34. The molecule has 0 heterocycles. The summed E-state index contributed by atoms with van der Waals surface area (Å²) in [6.07, 6.45) is -0.315. The predicted octanol–water partition coefficient (Wildman–Crippen LogP) is 4.52. The molecule has 0 amide bonds. The Labute approximate surface area is 110 Å². The minimum atomic E-state index is -3.66. The normalized spacial score (nSPS) is 14.4. The van der Waals surface area contributed by atoms with Crippen LogP contribution in [0.5, 0.6) is 5.75 Å². The number of unbranched alkanes of at least 4 members (excludes halogenated alkanes) is 1. The quantitative estimate of drug-likeness (QED) is 0.811. The molecule has 0 saturated carbocycles. The Bertz CT molecular complexity index is 440. The van der Waals surface area contributed by atoms with Gasteiger partial charge < -0.3 is 9.42 Å². The second-order valence-electron chi connectivity index (χ2n) is 4.12. The van der Waals surface area contributed by atoms with Gasteiger partial charge in [-0.2, -0.15) is 0 Å². The van der Waals surface area contributed by atoms with Gasteiger partial charge >= 0.3 is 6.30 Å². The van der Waals surface area contributed by atoms with Crippen molar-refractivity contribution in [3.63, 3.8) is 0 Å². The van der Waals surface area contributed by atoms with E-state index in [-0.39, 0.29) is 0 Å². The van der Waals surface area contributed by atoms with Crippen LogP contribution in [0.15, 0.2) is 12.1 Å².